The third kappa shape index (κ3) is 3.24. The van der Waals surface area contributed by atoms with Crippen LogP contribution >= 0.6 is 0 Å². The molecule has 1 nitrogen and oxygen atoms in total. The Bertz CT molecular complexity index is 531. The molecule has 3 rings (SSSR count). The summed E-state index contributed by atoms with van der Waals surface area (Å²) in [6.45, 7) is 1.90. The van der Waals surface area contributed by atoms with Gasteiger partial charge in [-0.15, -0.1) is 0 Å². The molecular formula is C18H21N. The van der Waals surface area contributed by atoms with Crippen LogP contribution in [0.15, 0.2) is 48.5 Å². The van der Waals surface area contributed by atoms with Crippen molar-refractivity contribution < 1.29 is 0 Å². The lowest BCUT2D eigenvalue weighted by Gasteiger charge is -2.16. The van der Waals surface area contributed by atoms with Crippen LogP contribution in [0, 0.1) is 0 Å². The number of rotatable bonds is 4. The third-order valence-electron chi connectivity index (χ3n) is 3.91. The minimum absolute atomic E-state index is 0.942. The SMILES string of the molecule is c1ccc(CNCc2ccc3c(c2)CCCC3)cc1. The first-order valence-corrected chi connectivity index (χ1v) is 7.27. The smallest absolute Gasteiger partial charge is 0.0208 e. The van der Waals surface area contributed by atoms with E-state index >= 15 is 0 Å². The Labute approximate surface area is 115 Å². The van der Waals surface area contributed by atoms with Gasteiger partial charge in [-0.25, -0.2) is 0 Å². The van der Waals surface area contributed by atoms with Crippen LogP contribution in [0.2, 0.25) is 0 Å². The molecule has 0 aliphatic heterocycles. The van der Waals surface area contributed by atoms with Crippen LogP contribution in [-0.4, -0.2) is 0 Å². The Morgan fingerprint density at radius 2 is 1.47 bits per heavy atom. The number of benzene rings is 2. The van der Waals surface area contributed by atoms with Crippen molar-refractivity contribution in [2.75, 3.05) is 0 Å². The predicted octanol–water partition coefficient (Wildman–Crippen LogP) is 3.86. The maximum absolute atomic E-state index is 3.52. The third-order valence-corrected chi connectivity index (χ3v) is 3.91. The van der Waals surface area contributed by atoms with Crippen molar-refractivity contribution in [3.63, 3.8) is 0 Å². The Morgan fingerprint density at radius 1 is 0.737 bits per heavy atom. The Morgan fingerprint density at radius 3 is 2.32 bits per heavy atom. The molecular weight excluding hydrogens is 230 g/mol. The number of hydrogen-bond donors (Lipinski definition) is 1. The van der Waals surface area contributed by atoms with Crippen molar-refractivity contribution in [1.29, 1.82) is 0 Å². The van der Waals surface area contributed by atoms with E-state index in [1.807, 2.05) is 0 Å². The van der Waals surface area contributed by atoms with Crippen LogP contribution < -0.4 is 5.32 Å². The van der Waals surface area contributed by atoms with E-state index in [9.17, 15) is 0 Å². The predicted molar refractivity (Wildman–Crippen MR) is 80.1 cm³/mol. The zero-order valence-corrected chi connectivity index (χ0v) is 11.4. The van der Waals surface area contributed by atoms with E-state index in [1.165, 1.54) is 36.8 Å². The Kier molecular flexibility index (Phi) is 3.95. The summed E-state index contributed by atoms with van der Waals surface area (Å²) in [7, 11) is 0. The van der Waals surface area contributed by atoms with E-state index in [1.54, 1.807) is 11.1 Å². The highest BCUT2D eigenvalue weighted by atomic mass is 14.8. The summed E-state index contributed by atoms with van der Waals surface area (Å²) < 4.78 is 0. The van der Waals surface area contributed by atoms with Crippen molar-refractivity contribution in [2.24, 2.45) is 0 Å². The van der Waals surface area contributed by atoms with Gasteiger partial charge in [-0.1, -0.05) is 48.5 Å². The second-order valence-corrected chi connectivity index (χ2v) is 5.40. The number of nitrogens with one attached hydrogen (secondary N) is 1. The van der Waals surface area contributed by atoms with Crippen LogP contribution in [-0.2, 0) is 25.9 Å². The lowest BCUT2D eigenvalue weighted by molar-refractivity contribution is 0.672. The molecule has 19 heavy (non-hydrogen) atoms. The van der Waals surface area contributed by atoms with Gasteiger partial charge >= 0.3 is 0 Å². The zero-order chi connectivity index (χ0) is 12.9. The van der Waals surface area contributed by atoms with Gasteiger partial charge in [-0.05, 0) is 47.9 Å². The second kappa shape index (κ2) is 6.03. The highest BCUT2D eigenvalue weighted by Gasteiger charge is 2.09. The van der Waals surface area contributed by atoms with Gasteiger partial charge in [0.15, 0.2) is 0 Å². The zero-order valence-electron chi connectivity index (χ0n) is 11.4. The molecule has 0 radical (unpaired) electrons. The largest absolute Gasteiger partial charge is 0.309 e. The maximum atomic E-state index is 3.52. The lowest BCUT2D eigenvalue weighted by atomic mass is 9.90. The fourth-order valence-electron chi connectivity index (χ4n) is 2.84. The van der Waals surface area contributed by atoms with Crippen molar-refractivity contribution >= 4 is 0 Å². The summed E-state index contributed by atoms with van der Waals surface area (Å²) in [5.74, 6) is 0. The van der Waals surface area contributed by atoms with Gasteiger partial charge in [0.25, 0.3) is 0 Å². The number of fused-ring (bicyclic) bond motifs is 1. The average Bonchev–Trinajstić information content (AvgIpc) is 2.48. The molecule has 1 N–H and O–H groups in total. The quantitative estimate of drug-likeness (QED) is 0.870. The van der Waals surface area contributed by atoms with Crippen molar-refractivity contribution in [2.45, 2.75) is 38.8 Å². The standard InChI is InChI=1S/C18H21N/c1-2-6-15(7-3-1)13-19-14-16-10-11-17-8-4-5-9-18(17)12-16/h1-3,6-7,10-12,19H,4-5,8-9,13-14H2. The maximum Gasteiger partial charge on any atom is 0.0208 e. The van der Waals surface area contributed by atoms with E-state index in [2.05, 4.69) is 53.8 Å². The fourth-order valence-corrected chi connectivity index (χ4v) is 2.84. The van der Waals surface area contributed by atoms with Gasteiger partial charge in [0.1, 0.15) is 0 Å². The van der Waals surface area contributed by atoms with Crippen molar-refractivity contribution in [3.05, 3.63) is 70.8 Å². The molecule has 0 saturated heterocycles. The van der Waals surface area contributed by atoms with Gasteiger partial charge in [0.05, 0.1) is 0 Å². The summed E-state index contributed by atoms with van der Waals surface area (Å²) in [4.78, 5) is 0. The molecule has 0 atom stereocenters. The van der Waals surface area contributed by atoms with E-state index < -0.39 is 0 Å². The van der Waals surface area contributed by atoms with Gasteiger partial charge in [-0.3, -0.25) is 0 Å². The first-order valence-electron chi connectivity index (χ1n) is 7.27. The monoisotopic (exact) mass is 251 g/mol. The number of hydrogen-bond acceptors (Lipinski definition) is 1. The molecule has 0 saturated carbocycles. The van der Waals surface area contributed by atoms with E-state index in [0.29, 0.717) is 0 Å². The van der Waals surface area contributed by atoms with Crippen molar-refractivity contribution in [1.82, 2.24) is 5.32 Å². The van der Waals surface area contributed by atoms with Gasteiger partial charge in [0, 0.05) is 13.1 Å². The van der Waals surface area contributed by atoms with E-state index in [4.69, 9.17) is 0 Å². The van der Waals surface area contributed by atoms with Crippen LogP contribution in [0.3, 0.4) is 0 Å². The molecule has 0 spiro atoms. The summed E-state index contributed by atoms with van der Waals surface area (Å²) >= 11 is 0. The molecule has 0 aromatic heterocycles. The molecule has 0 bridgehead atoms. The fraction of sp³-hybridized carbons (Fsp3) is 0.333. The summed E-state index contributed by atoms with van der Waals surface area (Å²) in [5.41, 5.74) is 5.90. The first kappa shape index (κ1) is 12.4. The van der Waals surface area contributed by atoms with Crippen LogP contribution in [0.5, 0.6) is 0 Å². The highest BCUT2D eigenvalue weighted by Crippen LogP contribution is 2.22. The molecule has 1 aliphatic carbocycles. The molecule has 0 heterocycles. The minimum Gasteiger partial charge on any atom is -0.309 e. The molecule has 0 unspecified atom stereocenters. The normalized spacial score (nSPS) is 14.1. The average molecular weight is 251 g/mol. The lowest BCUT2D eigenvalue weighted by Crippen LogP contribution is -2.13. The van der Waals surface area contributed by atoms with Crippen LogP contribution in [0.4, 0.5) is 0 Å². The van der Waals surface area contributed by atoms with E-state index in [0.717, 1.165) is 13.1 Å². The summed E-state index contributed by atoms with van der Waals surface area (Å²) in [5, 5.41) is 3.52. The molecule has 2 aromatic carbocycles. The number of aryl methyl sites for hydroxylation is 2. The topological polar surface area (TPSA) is 12.0 Å². The second-order valence-electron chi connectivity index (χ2n) is 5.40. The molecule has 0 amide bonds. The van der Waals surface area contributed by atoms with E-state index in [-0.39, 0.29) is 0 Å². The molecule has 1 heteroatoms. The summed E-state index contributed by atoms with van der Waals surface area (Å²) in [6.07, 6.45) is 5.25. The summed E-state index contributed by atoms with van der Waals surface area (Å²) in [6, 6.07) is 17.6. The molecule has 0 fully saturated rings. The molecule has 1 aliphatic rings. The highest BCUT2D eigenvalue weighted by molar-refractivity contribution is 5.33. The first-order chi connectivity index (χ1) is 9.42. The molecule has 98 valence electrons. The van der Waals surface area contributed by atoms with Gasteiger partial charge < -0.3 is 5.32 Å². The Balaban J connectivity index is 1.58. The Hall–Kier alpha value is -1.60. The van der Waals surface area contributed by atoms with Crippen molar-refractivity contribution in [3.8, 4) is 0 Å². The van der Waals surface area contributed by atoms with Gasteiger partial charge in [0.2, 0.25) is 0 Å². The minimum atomic E-state index is 0.942. The molecule has 2 aromatic rings. The van der Waals surface area contributed by atoms with Gasteiger partial charge in [-0.2, -0.15) is 0 Å². The van der Waals surface area contributed by atoms with Crippen LogP contribution in [0.25, 0.3) is 0 Å². The van der Waals surface area contributed by atoms with Crippen LogP contribution in [0.1, 0.15) is 35.1 Å².